The topological polar surface area (TPSA) is 64.8 Å². The van der Waals surface area contributed by atoms with E-state index in [9.17, 15) is 0 Å². The van der Waals surface area contributed by atoms with Gasteiger partial charge in [-0.05, 0) is 49.9 Å². The summed E-state index contributed by atoms with van der Waals surface area (Å²) >= 11 is 0. The lowest BCUT2D eigenvalue weighted by Crippen LogP contribution is -2.45. The maximum absolute atomic E-state index is 9.16. The fourth-order valence-corrected chi connectivity index (χ4v) is 4.62. The third-order valence-corrected chi connectivity index (χ3v) is 6.36. The van der Waals surface area contributed by atoms with Crippen LogP contribution in [0.15, 0.2) is 54.7 Å². The number of rotatable bonds is 3. The van der Waals surface area contributed by atoms with E-state index in [0.717, 1.165) is 54.4 Å². The average molecular weight is 396 g/mol. The predicted octanol–water partition coefficient (Wildman–Crippen LogP) is 4.18. The van der Waals surface area contributed by atoms with Crippen molar-refractivity contribution < 1.29 is 0 Å². The summed E-state index contributed by atoms with van der Waals surface area (Å²) in [6, 6.07) is 19.0. The van der Waals surface area contributed by atoms with E-state index in [-0.39, 0.29) is 0 Å². The van der Waals surface area contributed by atoms with E-state index in [1.54, 1.807) is 0 Å². The number of nitrogens with zero attached hydrogens (tertiary/aromatic N) is 4. The quantitative estimate of drug-likeness (QED) is 0.721. The molecule has 0 radical (unpaired) electrons. The first-order valence-corrected chi connectivity index (χ1v) is 10.6. The Bertz CT molecular complexity index is 1080. The zero-order valence-corrected chi connectivity index (χ0v) is 17.2. The van der Waals surface area contributed by atoms with E-state index in [1.165, 1.54) is 12.0 Å². The van der Waals surface area contributed by atoms with Crippen LogP contribution in [0, 0.1) is 24.2 Å². The molecule has 1 aromatic heterocycles. The second-order valence-corrected chi connectivity index (χ2v) is 8.33. The molecule has 2 aromatic carbocycles. The minimum atomic E-state index is 0.645. The Hall–Kier alpha value is -3.23. The van der Waals surface area contributed by atoms with Crippen molar-refractivity contribution in [1.29, 1.82) is 5.26 Å². The molecule has 0 bridgehead atoms. The van der Waals surface area contributed by atoms with Crippen molar-refractivity contribution in [3.63, 3.8) is 0 Å². The van der Waals surface area contributed by atoms with Crippen LogP contribution >= 0.6 is 0 Å². The molecule has 2 atom stereocenters. The monoisotopic (exact) mass is 395 g/mol. The molecular weight excluding hydrogens is 370 g/mol. The van der Waals surface area contributed by atoms with E-state index >= 15 is 0 Å². The third kappa shape index (κ3) is 3.55. The van der Waals surface area contributed by atoms with Gasteiger partial charge in [0, 0.05) is 36.5 Å². The van der Waals surface area contributed by atoms with Crippen molar-refractivity contribution in [3.8, 4) is 28.5 Å². The number of aryl methyl sites for hydroxylation is 1. The molecule has 2 aliphatic heterocycles. The summed E-state index contributed by atoms with van der Waals surface area (Å²) in [7, 11) is 0. The Morgan fingerprint density at radius 1 is 1.03 bits per heavy atom. The Kier molecular flexibility index (Phi) is 4.94. The maximum Gasteiger partial charge on any atom is 0.225 e. The highest BCUT2D eigenvalue weighted by Crippen LogP contribution is 2.33. The Morgan fingerprint density at radius 2 is 1.80 bits per heavy atom. The van der Waals surface area contributed by atoms with Crippen LogP contribution in [0.5, 0.6) is 0 Å². The smallest absolute Gasteiger partial charge is 0.225 e. The lowest BCUT2D eigenvalue weighted by molar-refractivity contribution is 0.373. The van der Waals surface area contributed by atoms with Crippen molar-refractivity contribution in [1.82, 2.24) is 15.3 Å². The standard InChI is InChI=1S/C25H25N5/c1-17-2-6-19(7-3-17)22-15-28-25(30-13-11-23-21(16-30)10-12-27-23)29-24(22)20-8-4-18(14-26)5-9-20/h2-9,15,21,23,27H,10-13,16H2,1H3/t21-,23+/m1/s1. The van der Waals surface area contributed by atoms with Gasteiger partial charge in [0.15, 0.2) is 0 Å². The highest BCUT2D eigenvalue weighted by atomic mass is 15.3. The number of fused-ring (bicyclic) bond motifs is 1. The number of benzene rings is 2. The van der Waals surface area contributed by atoms with Crippen LogP contribution in [-0.4, -0.2) is 35.6 Å². The summed E-state index contributed by atoms with van der Waals surface area (Å²) in [5.41, 5.74) is 5.92. The first-order chi connectivity index (χ1) is 14.7. The van der Waals surface area contributed by atoms with Crippen LogP contribution in [0.1, 0.15) is 24.0 Å². The largest absolute Gasteiger partial charge is 0.340 e. The fourth-order valence-electron chi connectivity index (χ4n) is 4.62. The minimum absolute atomic E-state index is 0.645. The molecule has 3 heterocycles. The number of hydrogen-bond donors (Lipinski definition) is 1. The molecule has 30 heavy (non-hydrogen) atoms. The van der Waals surface area contributed by atoms with Gasteiger partial charge in [-0.25, -0.2) is 9.97 Å². The Balaban J connectivity index is 1.55. The van der Waals surface area contributed by atoms with Gasteiger partial charge in [0.1, 0.15) is 0 Å². The summed E-state index contributed by atoms with van der Waals surface area (Å²) in [5.74, 6) is 1.48. The number of hydrogen-bond acceptors (Lipinski definition) is 5. The third-order valence-electron chi connectivity index (χ3n) is 6.36. The molecule has 150 valence electrons. The van der Waals surface area contributed by atoms with Gasteiger partial charge < -0.3 is 10.2 Å². The van der Waals surface area contributed by atoms with Crippen LogP contribution in [-0.2, 0) is 0 Å². The van der Waals surface area contributed by atoms with Gasteiger partial charge in [-0.1, -0.05) is 42.0 Å². The zero-order chi connectivity index (χ0) is 20.5. The molecule has 3 aromatic rings. The molecule has 2 saturated heterocycles. The van der Waals surface area contributed by atoms with Crippen molar-refractivity contribution in [2.75, 3.05) is 24.5 Å². The molecule has 5 nitrogen and oxygen atoms in total. The molecule has 0 saturated carbocycles. The van der Waals surface area contributed by atoms with Gasteiger partial charge in [-0.3, -0.25) is 0 Å². The van der Waals surface area contributed by atoms with Gasteiger partial charge >= 0.3 is 0 Å². The van der Waals surface area contributed by atoms with Crippen molar-refractivity contribution in [3.05, 3.63) is 65.9 Å². The summed E-state index contributed by atoms with van der Waals surface area (Å²) in [4.78, 5) is 12.2. The van der Waals surface area contributed by atoms with Crippen LogP contribution in [0.4, 0.5) is 5.95 Å². The van der Waals surface area contributed by atoms with Gasteiger partial charge in [0.05, 0.1) is 17.3 Å². The van der Waals surface area contributed by atoms with E-state index in [2.05, 4.69) is 47.5 Å². The zero-order valence-electron chi connectivity index (χ0n) is 17.2. The summed E-state index contributed by atoms with van der Waals surface area (Å²) in [5, 5.41) is 12.8. The Morgan fingerprint density at radius 3 is 2.57 bits per heavy atom. The first kappa shape index (κ1) is 18.8. The molecule has 1 N–H and O–H groups in total. The van der Waals surface area contributed by atoms with Gasteiger partial charge in [-0.15, -0.1) is 0 Å². The molecule has 5 rings (SSSR count). The molecule has 0 aliphatic carbocycles. The molecule has 2 aliphatic rings. The fraction of sp³-hybridized carbons (Fsp3) is 0.320. The number of anilines is 1. The van der Waals surface area contributed by atoms with E-state index < -0.39 is 0 Å². The van der Waals surface area contributed by atoms with E-state index in [4.69, 9.17) is 15.2 Å². The highest BCUT2D eigenvalue weighted by molar-refractivity contribution is 5.81. The van der Waals surface area contributed by atoms with Crippen molar-refractivity contribution >= 4 is 5.95 Å². The van der Waals surface area contributed by atoms with Crippen LogP contribution in [0.2, 0.25) is 0 Å². The highest BCUT2D eigenvalue weighted by Gasteiger charge is 2.33. The normalized spacial score (nSPS) is 20.6. The van der Waals surface area contributed by atoms with Gasteiger partial charge in [0.25, 0.3) is 0 Å². The van der Waals surface area contributed by atoms with E-state index in [1.807, 2.05) is 30.5 Å². The van der Waals surface area contributed by atoms with Crippen LogP contribution in [0.3, 0.4) is 0 Å². The molecule has 0 amide bonds. The molecule has 0 spiro atoms. The Labute approximate surface area is 177 Å². The van der Waals surface area contributed by atoms with Crippen molar-refractivity contribution in [2.45, 2.75) is 25.8 Å². The van der Waals surface area contributed by atoms with Crippen LogP contribution < -0.4 is 10.2 Å². The van der Waals surface area contributed by atoms with Gasteiger partial charge in [0.2, 0.25) is 5.95 Å². The van der Waals surface area contributed by atoms with E-state index in [0.29, 0.717) is 17.5 Å². The molecule has 5 heteroatoms. The van der Waals surface area contributed by atoms with Crippen LogP contribution in [0.25, 0.3) is 22.4 Å². The van der Waals surface area contributed by atoms with Gasteiger partial charge in [-0.2, -0.15) is 5.26 Å². The molecule has 0 unspecified atom stereocenters. The second kappa shape index (κ2) is 7.89. The minimum Gasteiger partial charge on any atom is -0.340 e. The maximum atomic E-state index is 9.16. The summed E-state index contributed by atoms with van der Waals surface area (Å²) in [6.07, 6.45) is 4.32. The number of piperidine rings is 1. The second-order valence-electron chi connectivity index (χ2n) is 8.33. The number of nitrogens with one attached hydrogen (secondary N) is 1. The predicted molar refractivity (Wildman–Crippen MR) is 119 cm³/mol. The first-order valence-electron chi connectivity index (χ1n) is 10.6. The number of nitriles is 1. The lowest BCUT2D eigenvalue weighted by atomic mass is 9.93. The molecular formula is C25H25N5. The summed E-state index contributed by atoms with van der Waals surface area (Å²) < 4.78 is 0. The SMILES string of the molecule is Cc1ccc(-c2cnc(N3CC[C@@H]4NCC[C@@H]4C3)nc2-c2ccc(C#N)cc2)cc1. The summed E-state index contributed by atoms with van der Waals surface area (Å²) in [6.45, 7) is 5.19. The average Bonchev–Trinajstić information content (AvgIpc) is 3.27. The lowest BCUT2D eigenvalue weighted by Gasteiger charge is -2.35. The molecule has 2 fully saturated rings. The van der Waals surface area contributed by atoms with Crippen molar-refractivity contribution in [2.24, 2.45) is 5.92 Å². The number of aromatic nitrogens is 2.